The van der Waals surface area contributed by atoms with Crippen LogP contribution in [0, 0.1) is 6.92 Å². The van der Waals surface area contributed by atoms with Crippen LogP contribution in [0.5, 0.6) is 0 Å². The number of piperidine rings is 1. The number of nitrogens with zero attached hydrogens (tertiary/aromatic N) is 2. The first-order valence-electron chi connectivity index (χ1n) is 9.14. The molecule has 150 valence electrons. The summed E-state index contributed by atoms with van der Waals surface area (Å²) in [6.45, 7) is 2.42. The van der Waals surface area contributed by atoms with Gasteiger partial charge in [-0.05, 0) is 31.0 Å². The van der Waals surface area contributed by atoms with Gasteiger partial charge in [-0.25, -0.2) is 4.79 Å². The number of carbonyl (C=O) groups excluding carboxylic acids is 4. The second kappa shape index (κ2) is 7.63. The number of thiophene rings is 1. The molecule has 0 spiro atoms. The predicted octanol–water partition coefficient (Wildman–Crippen LogP) is 1.53. The molecule has 0 unspecified atom stereocenters. The lowest BCUT2D eigenvalue weighted by Crippen LogP contribution is -2.52. The lowest BCUT2D eigenvalue weighted by atomic mass is 10.0. The van der Waals surface area contributed by atoms with Gasteiger partial charge in [0.2, 0.25) is 11.8 Å². The van der Waals surface area contributed by atoms with Crippen LogP contribution in [0.4, 0.5) is 10.5 Å². The van der Waals surface area contributed by atoms with Gasteiger partial charge >= 0.3 is 6.03 Å². The van der Waals surface area contributed by atoms with E-state index < -0.39 is 11.9 Å². The van der Waals surface area contributed by atoms with Gasteiger partial charge in [0.1, 0.15) is 6.04 Å². The third-order valence-corrected chi connectivity index (χ3v) is 5.99. The van der Waals surface area contributed by atoms with E-state index in [9.17, 15) is 19.2 Å². The Kier molecular flexibility index (Phi) is 5.01. The number of rotatable bonds is 4. The number of aryl methyl sites for hydroxylation is 1. The number of nitrogens with one attached hydrogen (secondary N) is 3. The van der Waals surface area contributed by atoms with E-state index in [0.717, 1.165) is 16.1 Å². The Balaban J connectivity index is 1.39. The number of aromatic nitrogens is 1. The van der Waals surface area contributed by atoms with Gasteiger partial charge in [0.15, 0.2) is 0 Å². The van der Waals surface area contributed by atoms with E-state index in [0.29, 0.717) is 24.2 Å². The summed E-state index contributed by atoms with van der Waals surface area (Å²) in [5.41, 5.74) is 2.82. The van der Waals surface area contributed by atoms with Crippen molar-refractivity contribution in [3.05, 3.63) is 45.4 Å². The van der Waals surface area contributed by atoms with Gasteiger partial charge in [0.05, 0.1) is 24.0 Å². The summed E-state index contributed by atoms with van der Waals surface area (Å²) in [5.74, 6) is -0.965. The minimum atomic E-state index is -0.643. The molecule has 2 aromatic rings. The second-order valence-electron chi connectivity index (χ2n) is 6.95. The molecule has 2 aromatic heterocycles. The largest absolute Gasteiger partial charge is 0.333 e. The minimum Gasteiger partial charge on any atom is -0.333 e. The maximum absolute atomic E-state index is 12.7. The summed E-state index contributed by atoms with van der Waals surface area (Å²) < 4.78 is 0. The van der Waals surface area contributed by atoms with Crippen molar-refractivity contribution in [1.29, 1.82) is 0 Å². The number of hydrogen-bond donors (Lipinski definition) is 3. The molecule has 5 amide bonds. The van der Waals surface area contributed by atoms with Gasteiger partial charge < -0.3 is 15.5 Å². The van der Waals surface area contributed by atoms with E-state index in [4.69, 9.17) is 0 Å². The zero-order valence-electron chi connectivity index (χ0n) is 15.7. The number of amides is 5. The number of hydrogen-bond acceptors (Lipinski definition) is 6. The number of urea groups is 1. The smallest absolute Gasteiger partial charge is 0.319 e. The molecule has 0 aliphatic carbocycles. The highest BCUT2D eigenvalue weighted by molar-refractivity contribution is 7.10. The molecule has 2 aliphatic rings. The van der Waals surface area contributed by atoms with Gasteiger partial charge in [-0.1, -0.05) is 0 Å². The Labute approximate surface area is 170 Å². The fraction of sp³-hybridized carbons (Fsp3) is 0.316. The first kappa shape index (κ1) is 19.1. The zero-order valence-corrected chi connectivity index (χ0v) is 16.5. The summed E-state index contributed by atoms with van der Waals surface area (Å²) >= 11 is 1.40. The molecule has 0 radical (unpaired) electrons. The van der Waals surface area contributed by atoms with Crippen molar-refractivity contribution in [3.8, 4) is 0 Å². The van der Waals surface area contributed by atoms with Crippen LogP contribution >= 0.6 is 11.3 Å². The van der Waals surface area contributed by atoms with E-state index in [1.807, 2.05) is 6.92 Å². The molecule has 4 rings (SSSR count). The fourth-order valence-corrected chi connectivity index (χ4v) is 4.40. The monoisotopic (exact) mass is 413 g/mol. The van der Waals surface area contributed by atoms with Crippen molar-refractivity contribution in [2.45, 2.75) is 38.9 Å². The van der Waals surface area contributed by atoms with Crippen LogP contribution in [0.25, 0.3) is 0 Å². The van der Waals surface area contributed by atoms with E-state index in [2.05, 4.69) is 20.9 Å². The highest BCUT2D eigenvalue weighted by Crippen LogP contribution is 2.33. The number of carbonyl (C=O) groups is 4. The van der Waals surface area contributed by atoms with Crippen molar-refractivity contribution in [3.63, 3.8) is 0 Å². The average Bonchev–Trinajstić information content (AvgIpc) is 3.22. The van der Waals surface area contributed by atoms with Crippen LogP contribution in [-0.4, -0.2) is 39.7 Å². The van der Waals surface area contributed by atoms with E-state index in [1.165, 1.54) is 16.2 Å². The summed E-state index contributed by atoms with van der Waals surface area (Å²) in [7, 11) is 0. The van der Waals surface area contributed by atoms with Gasteiger partial charge in [0, 0.05) is 28.9 Å². The topological polar surface area (TPSA) is 120 Å². The average molecular weight is 413 g/mol. The normalized spacial score (nSPS) is 18.4. The van der Waals surface area contributed by atoms with Crippen LogP contribution in [0.1, 0.15) is 39.3 Å². The van der Waals surface area contributed by atoms with Crippen molar-refractivity contribution >= 4 is 40.8 Å². The molecule has 0 bridgehead atoms. The van der Waals surface area contributed by atoms with Crippen molar-refractivity contribution in [2.24, 2.45) is 0 Å². The van der Waals surface area contributed by atoms with Crippen molar-refractivity contribution in [2.75, 3.05) is 5.32 Å². The summed E-state index contributed by atoms with van der Waals surface area (Å²) in [5, 5.41) is 9.53. The highest BCUT2D eigenvalue weighted by Gasteiger charge is 2.40. The molecule has 0 aromatic carbocycles. The summed E-state index contributed by atoms with van der Waals surface area (Å²) in [6, 6.07) is 2.55. The molecule has 2 aliphatic heterocycles. The van der Waals surface area contributed by atoms with E-state index >= 15 is 0 Å². The van der Waals surface area contributed by atoms with Gasteiger partial charge in [-0.3, -0.25) is 24.7 Å². The Morgan fingerprint density at radius 3 is 2.90 bits per heavy atom. The fourth-order valence-electron chi connectivity index (χ4n) is 3.43. The molecule has 1 saturated heterocycles. The maximum Gasteiger partial charge on any atom is 0.319 e. The Bertz CT molecular complexity index is 1000. The lowest BCUT2D eigenvalue weighted by Gasteiger charge is -2.29. The van der Waals surface area contributed by atoms with Crippen LogP contribution in [-0.2, 0) is 22.7 Å². The molecule has 3 N–H and O–H groups in total. The molecule has 4 heterocycles. The molecule has 9 nitrogen and oxygen atoms in total. The number of fused-ring (bicyclic) bond motifs is 1. The first-order chi connectivity index (χ1) is 13.9. The third kappa shape index (κ3) is 3.83. The second-order valence-corrected chi connectivity index (χ2v) is 7.91. The van der Waals surface area contributed by atoms with E-state index in [1.54, 1.807) is 23.7 Å². The summed E-state index contributed by atoms with van der Waals surface area (Å²) in [4.78, 5) is 54.8. The van der Waals surface area contributed by atoms with E-state index in [-0.39, 0.29) is 30.8 Å². The van der Waals surface area contributed by atoms with Crippen LogP contribution in [0.3, 0.4) is 0 Å². The van der Waals surface area contributed by atoms with Crippen molar-refractivity contribution in [1.82, 2.24) is 20.5 Å². The molecular weight excluding hydrogens is 394 g/mol. The Morgan fingerprint density at radius 2 is 2.17 bits per heavy atom. The number of pyridine rings is 1. The van der Waals surface area contributed by atoms with Crippen LogP contribution < -0.4 is 16.0 Å². The predicted molar refractivity (Wildman–Crippen MR) is 105 cm³/mol. The van der Waals surface area contributed by atoms with Gasteiger partial charge in [0.25, 0.3) is 5.91 Å². The third-order valence-electron chi connectivity index (χ3n) is 4.97. The molecule has 0 saturated carbocycles. The Morgan fingerprint density at radius 1 is 1.34 bits per heavy atom. The SMILES string of the molecule is Cc1ccc(NC(=O)NCc2scc3c2CN([C@@H]2CCC(=O)NC2=O)C3=O)cn1. The van der Waals surface area contributed by atoms with Gasteiger partial charge in [-0.2, -0.15) is 0 Å². The van der Waals surface area contributed by atoms with Crippen LogP contribution in [0.15, 0.2) is 23.7 Å². The number of anilines is 1. The number of imide groups is 1. The summed E-state index contributed by atoms with van der Waals surface area (Å²) in [6.07, 6.45) is 2.12. The quantitative estimate of drug-likeness (QED) is 0.657. The molecule has 10 heteroatoms. The lowest BCUT2D eigenvalue weighted by molar-refractivity contribution is -0.136. The zero-order chi connectivity index (χ0) is 20.5. The Hall–Kier alpha value is -3.27. The van der Waals surface area contributed by atoms with Gasteiger partial charge in [-0.15, -0.1) is 11.3 Å². The molecule has 1 fully saturated rings. The molecular formula is C19H19N5O4S. The molecule has 29 heavy (non-hydrogen) atoms. The van der Waals surface area contributed by atoms with Crippen molar-refractivity contribution < 1.29 is 19.2 Å². The molecule has 1 atom stereocenters. The first-order valence-corrected chi connectivity index (χ1v) is 10.0. The standard InChI is InChI=1S/C19H19N5O4S/c1-10-2-3-11(6-20-10)22-19(28)21-7-15-12-8-24(18(27)13(12)9-29-15)14-4-5-16(25)23-17(14)26/h2-3,6,9,14H,4-5,7-8H2,1H3,(H2,21,22,28)(H,23,25,26)/t14-/m1/s1. The highest BCUT2D eigenvalue weighted by atomic mass is 32.1. The van der Waals surface area contributed by atoms with Crippen LogP contribution in [0.2, 0.25) is 0 Å². The minimum absolute atomic E-state index is 0.216. The maximum atomic E-state index is 12.7.